The number of halogens is 3. The van der Waals surface area contributed by atoms with Crippen molar-refractivity contribution in [2.45, 2.75) is 44.3 Å². The first-order valence-electron chi connectivity index (χ1n) is 4.23. The van der Waals surface area contributed by atoms with Crippen LogP contribution in [0.4, 0.5) is 13.2 Å². The molecular weight excluding hydrogens is 167 g/mol. The topological polar surface area (TPSA) is 26.0 Å². The van der Waals surface area contributed by atoms with E-state index in [1.165, 1.54) is 0 Å². The van der Waals surface area contributed by atoms with Gasteiger partial charge in [-0.3, -0.25) is 0 Å². The number of hydrogen-bond donors (Lipinski definition) is 1. The van der Waals surface area contributed by atoms with E-state index in [-0.39, 0.29) is 6.42 Å². The molecule has 4 heteroatoms. The van der Waals surface area contributed by atoms with Crippen LogP contribution in [0.2, 0.25) is 0 Å². The molecule has 1 aliphatic carbocycles. The molecule has 0 aromatic heterocycles. The highest BCUT2D eigenvalue weighted by atomic mass is 19.4. The first-order valence-corrected chi connectivity index (χ1v) is 4.23. The normalized spacial score (nSPS) is 38.2. The molecule has 1 saturated carbocycles. The van der Waals surface area contributed by atoms with Crippen LogP contribution in [-0.4, -0.2) is 11.7 Å². The molecule has 72 valence electrons. The minimum Gasteiger partial charge on any atom is -0.317 e. The van der Waals surface area contributed by atoms with Gasteiger partial charge in [-0.2, -0.15) is 13.2 Å². The van der Waals surface area contributed by atoms with Crippen LogP contribution in [0.5, 0.6) is 0 Å². The predicted octanol–water partition coefficient (Wildman–Crippen LogP) is 2.46. The summed E-state index contributed by atoms with van der Waals surface area (Å²) in [6.45, 7) is 1.59. The standard InChI is InChI=1S/C8H14F3N/c1-6-4-2-3-5-7(6,12)8(9,10)11/h6H,2-5,12H2,1H3. The molecule has 0 spiro atoms. The number of hydrogen-bond acceptors (Lipinski definition) is 1. The van der Waals surface area contributed by atoms with Crippen LogP contribution in [0.15, 0.2) is 0 Å². The summed E-state index contributed by atoms with van der Waals surface area (Å²) in [5, 5.41) is 0. The van der Waals surface area contributed by atoms with Gasteiger partial charge in [0.25, 0.3) is 0 Å². The average molecular weight is 181 g/mol. The Bertz CT molecular complexity index is 166. The maximum absolute atomic E-state index is 12.5. The average Bonchev–Trinajstić information content (AvgIpc) is 1.93. The highest BCUT2D eigenvalue weighted by molar-refractivity contribution is 4.98. The number of alkyl halides is 3. The van der Waals surface area contributed by atoms with Gasteiger partial charge in [-0.1, -0.05) is 19.8 Å². The zero-order chi connectivity index (χ0) is 9.41. The highest BCUT2D eigenvalue weighted by Gasteiger charge is 2.55. The minimum atomic E-state index is -4.24. The molecule has 2 N–H and O–H groups in total. The summed E-state index contributed by atoms with van der Waals surface area (Å²) >= 11 is 0. The summed E-state index contributed by atoms with van der Waals surface area (Å²) < 4.78 is 37.4. The lowest BCUT2D eigenvalue weighted by Crippen LogP contribution is -2.59. The molecule has 1 aliphatic rings. The Labute approximate surface area is 70.1 Å². The zero-order valence-corrected chi connectivity index (χ0v) is 7.12. The fourth-order valence-electron chi connectivity index (χ4n) is 1.79. The third-order valence-corrected chi connectivity index (χ3v) is 2.88. The Balaban J connectivity index is 2.79. The monoisotopic (exact) mass is 181 g/mol. The summed E-state index contributed by atoms with van der Waals surface area (Å²) in [4.78, 5) is 0. The smallest absolute Gasteiger partial charge is 0.317 e. The van der Waals surface area contributed by atoms with E-state index >= 15 is 0 Å². The molecule has 0 aromatic rings. The van der Waals surface area contributed by atoms with E-state index in [1.54, 1.807) is 6.92 Å². The van der Waals surface area contributed by atoms with Crippen molar-refractivity contribution in [3.05, 3.63) is 0 Å². The Morgan fingerprint density at radius 3 is 2.25 bits per heavy atom. The van der Waals surface area contributed by atoms with Crippen LogP contribution in [0.3, 0.4) is 0 Å². The van der Waals surface area contributed by atoms with Gasteiger partial charge in [0.05, 0.1) is 0 Å². The first kappa shape index (κ1) is 9.84. The van der Waals surface area contributed by atoms with Crippen LogP contribution in [0.1, 0.15) is 32.6 Å². The second-order valence-corrected chi connectivity index (χ2v) is 3.68. The van der Waals surface area contributed by atoms with E-state index in [9.17, 15) is 13.2 Å². The minimum absolute atomic E-state index is 0.0810. The molecular formula is C8H14F3N. The zero-order valence-electron chi connectivity index (χ0n) is 7.12. The summed E-state index contributed by atoms with van der Waals surface area (Å²) in [5.41, 5.74) is 3.43. The maximum atomic E-state index is 12.5. The van der Waals surface area contributed by atoms with Gasteiger partial charge < -0.3 is 5.73 Å². The van der Waals surface area contributed by atoms with Crippen LogP contribution in [0, 0.1) is 5.92 Å². The molecule has 12 heavy (non-hydrogen) atoms. The number of nitrogens with two attached hydrogens (primary N) is 1. The van der Waals surface area contributed by atoms with Crippen molar-refractivity contribution < 1.29 is 13.2 Å². The van der Waals surface area contributed by atoms with Crippen LogP contribution < -0.4 is 5.73 Å². The van der Waals surface area contributed by atoms with Gasteiger partial charge in [0.2, 0.25) is 0 Å². The Morgan fingerprint density at radius 1 is 1.33 bits per heavy atom. The van der Waals surface area contributed by atoms with Crippen molar-refractivity contribution in [2.75, 3.05) is 0 Å². The Kier molecular flexibility index (Phi) is 2.38. The van der Waals surface area contributed by atoms with Gasteiger partial charge in [-0.05, 0) is 18.8 Å². The maximum Gasteiger partial charge on any atom is 0.406 e. The molecule has 2 unspecified atom stereocenters. The molecule has 0 amide bonds. The molecule has 0 aromatic carbocycles. The van der Waals surface area contributed by atoms with Crippen molar-refractivity contribution in [1.82, 2.24) is 0 Å². The van der Waals surface area contributed by atoms with Gasteiger partial charge in [0, 0.05) is 0 Å². The lowest BCUT2D eigenvalue weighted by molar-refractivity contribution is -0.207. The van der Waals surface area contributed by atoms with Crippen LogP contribution in [0.25, 0.3) is 0 Å². The van der Waals surface area contributed by atoms with E-state index in [0.717, 1.165) is 6.42 Å². The van der Waals surface area contributed by atoms with Crippen molar-refractivity contribution in [2.24, 2.45) is 11.7 Å². The summed E-state index contributed by atoms with van der Waals surface area (Å²) in [7, 11) is 0. The molecule has 0 saturated heterocycles. The van der Waals surface area contributed by atoms with Gasteiger partial charge in [-0.15, -0.1) is 0 Å². The van der Waals surface area contributed by atoms with Gasteiger partial charge in [-0.25, -0.2) is 0 Å². The van der Waals surface area contributed by atoms with E-state index in [4.69, 9.17) is 5.73 Å². The summed E-state index contributed by atoms with van der Waals surface area (Å²) in [5.74, 6) is -0.439. The molecule has 0 radical (unpaired) electrons. The van der Waals surface area contributed by atoms with Gasteiger partial charge in [0.1, 0.15) is 5.54 Å². The molecule has 2 atom stereocenters. The van der Waals surface area contributed by atoms with Crippen molar-refractivity contribution in [3.8, 4) is 0 Å². The third kappa shape index (κ3) is 1.44. The largest absolute Gasteiger partial charge is 0.406 e. The highest BCUT2D eigenvalue weighted by Crippen LogP contribution is 2.42. The lowest BCUT2D eigenvalue weighted by atomic mass is 9.74. The second-order valence-electron chi connectivity index (χ2n) is 3.68. The quantitative estimate of drug-likeness (QED) is 0.610. The van der Waals surface area contributed by atoms with Crippen molar-refractivity contribution in [1.29, 1.82) is 0 Å². The molecule has 1 fully saturated rings. The van der Waals surface area contributed by atoms with Crippen molar-refractivity contribution >= 4 is 0 Å². The Morgan fingerprint density at radius 2 is 1.92 bits per heavy atom. The van der Waals surface area contributed by atoms with E-state index in [1.807, 2.05) is 0 Å². The predicted molar refractivity (Wildman–Crippen MR) is 40.6 cm³/mol. The number of rotatable bonds is 0. The lowest BCUT2D eigenvalue weighted by Gasteiger charge is -2.40. The van der Waals surface area contributed by atoms with Gasteiger partial charge in [0.15, 0.2) is 0 Å². The molecule has 0 aliphatic heterocycles. The van der Waals surface area contributed by atoms with E-state index < -0.39 is 17.6 Å². The fourth-order valence-corrected chi connectivity index (χ4v) is 1.79. The van der Waals surface area contributed by atoms with E-state index in [0.29, 0.717) is 12.8 Å². The summed E-state index contributed by atoms with van der Waals surface area (Å²) in [6, 6.07) is 0. The first-order chi connectivity index (χ1) is 5.38. The van der Waals surface area contributed by atoms with Crippen LogP contribution in [-0.2, 0) is 0 Å². The second kappa shape index (κ2) is 2.91. The fraction of sp³-hybridized carbons (Fsp3) is 1.00. The molecule has 1 nitrogen and oxygen atoms in total. The van der Waals surface area contributed by atoms with Crippen LogP contribution >= 0.6 is 0 Å². The molecule has 0 heterocycles. The molecule has 0 bridgehead atoms. The van der Waals surface area contributed by atoms with Crippen molar-refractivity contribution in [3.63, 3.8) is 0 Å². The summed E-state index contributed by atoms with van der Waals surface area (Å²) in [6.07, 6.45) is -2.10. The Hall–Kier alpha value is -0.250. The van der Waals surface area contributed by atoms with Gasteiger partial charge >= 0.3 is 6.18 Å². The molecule has 1 rings (SSSR count). The SMILES string of the molecule is CC1CCCCC1(N)C(F)(F)F. The van der Waals surface area contributed by atoms with E-state index in [2.05, 4.69) is 0 Å². The third-order valence-electron chi connectivity index (χ3n) is 2.88.